The Hall–Kier alpha value is -2.90. The predicted molar refractivity (Wildman–Crippen MR) is 95.4 cm³/mol. The monoisotopic (exact) mass is 357 g/mol. The Balaban J connectivity index is 1.39. The second kappa shape index (κ2) is 7.99. The van der Waals surface area contributed by atoms with Crippen LogP contribution in [0.25, 0.3) is 0 Å². The summed E-state index contributed by atoms with van der Waals surface area (Å²) in [7, 11) is 0. The van der Waals surface area contributed by atoms with E-state index >= 15 is 0 Å². The molecule has 2 aromatic heterocycles. The van der Waals surface area contributed by atoms with Gasteiger partial charge in [0.05, 0.1) is 17.9 Å². The maximum absolute atomic E-state index is 11.8. The fraction of sp³-hybridized carbons (Fsp3) is 0.444. The Morgan fingerprint density at radius 1 is 1.35 bits per heavy atom. The molecule has 0 spiro atoms. The van der Waals surface area contributed by atoms with Crippen LogP contribution in [0.15, 0.2) is 30.5 Å². The largest absolute Gasteiger partial charge is 0.446 e. The number of carbonyl (C=O) groups is 2. The molecule has 0 aliphatic heterocycles. The minimum atomic E-state index is -0.439. The molecule has 0 unspecified atom stereocenters. The van der Waals surface area contributed by atoms with Crippen LogP contribution < -0.4 is 10.6 Å². The van der Waals surface area contributed by atoms with Gasteiger partial charge >= 0.3 is 6.09 Å². The van der Waals surface area contributed by atoms with Gasteiger partial charge in [-0.1, -0.05) is 19.9 Å². The highest BCUT2D eigenvalue weighted by Crippen LogP contribution is 2.38. The van der Waals surface area contributed by atoms with E-state index in [0.717, 1.165) is 24.2 Å². The number of hydrogen-bond donors (Lipinski definition) is 3. The lowest BCUT2D eigenvalue weighted by atomic mass is 9.80. The molecule has 138 valence electrons. The van der Waals surface area contributed by atoms with Gasteiger partial charge in [-0.3, -0.25) is 14.9 Å². The summed E-state index contributed by atoms with van der Waals surface area (Å²) in [6.45, 7) is 4.01. The molecule has 0 saturated heterocycles. The van der Waals surface area contributed by atoms with Crippen LogP contribution in [0.3, 0.4) is 0 Å². The topological polar surface area (TPSA) is 109 Å². The van der Waals surface area contributed by atoms with Crippen LogP contribution in [0.4, 0.5) is 10.6 Å². The summed E-state index contributed by atoms with van der Waals surface area (Å²) in [6.07, 6.45) is 2.57. The fourth-order valence-electron chi connectivity index (χ4n) is 2.65. The Morgan fingerprint density at radius 3 is 2.85 bits per heavy atom. The number of amides is 2. The van der Waals surface area contributed by atoms with Crippen molar-refractivity contribution in [2.75, 3.05) is 5.32 Å². The number of anilines is 1. The molecule has 2 amide bonds. The number of aromatic amines is 1. The zero-order valence-corrected chi connectivity index (χ0v) is 14.9. The maximum Gasteiger partial charge on any atom is 0.407 e. The quantitative estimate of drug-likeness (QED) is 0.736. The highest BCUT2D eigenvalue weighted by molar-refractivity contribution is 5.91. The van der Waals surface area contributed by atoms with Crippen LogP contribution in [-0.4, -0.2) is 33.3 Å². The van der Waals surface area contributed by atoms with Crippen molar-refractivity contribution in [2.24, 2.45) is 5.92 Å². The number of aromatic nitrogens is 3. The first kappa shape index (κ1) is 17.9. The van der Waals surface area contributed by atoms with Crippen LogP contribution in [0.1, 0.15) is 44.0 Å². The zero-order valence-electron chi connectivity index (χ0n) is 14.9. The highest BCUT2D eigenvalue weighted by Gasteiger charge is 2.35. The summed E-state index contributed by atoms with van der Waals surface area (Å²) < 4.78 is 5.38. The molecule has 8 nitrogen and oxygen atoms in total. The Bertz CT molecular complexity index is 753. The van der Waals surface area contributed by atoms with Gasteiger partial charge in [-0.15, -0.1) is 0 Å². The standard InChI is InChI=1S/C18H23N5O3/c1-11(2)17(24)21-16-9-15(22-23-16)12-7-14(8-12)26-18(25)20-10-13-5-3-4-6-19-13/h3-6,9,11-12,14H,7-8,10H2,1-2H3,(H,20,25)(H2,21,22,23,24)/t12-,14+. The number of rotatable bonds is 6. The number of H-pyrrole nitrogens is 1. The summed E-state index contributed by atoms with van der Waals surface area (Å²) in [4.78, 5) is 27.6. The van der Waals surface area contributed by atoms with Crippen LogP contribution in [-0.2, 0) is 16.1 Å². The van der Waals surface area contributed by atoms with Gasteiger partial charge in [0.15, 0.2) is 0 Å². The SMILES string of the molecule is CC(C)C(=O)Nc1cc([C@H]2C[C@@H](OC(=O)NCc3ccccn3)C2)n[nH]1. The summed E-state index contributed by atoms with van der Waals surface area (Å²) >= 11 is 0. The number of nitrogens with zero attached hydrogens (tertiary/aromatic N) is 2. The molecule has 26 heavy (non-hydrogen) atoms. The van der Waals surface area contributed by atoms with Crippen molar-refractivity contribution in [1.82, 2.24) is 20.5 Å². The van der Waals surface area contributed by atoms with Crippen molar-refractivity contribution in [1.29, 1.82) is 0 Å². The molecular weight excluding hydrogens is 334 g/mol. The molecule has 2 aromatic rings. The van der Waals surface area contributed by atoms with E-state index in [1.807, 2.05) is 38.1 Å². The molecule has 1 saturated carbocycles. The van der Waals surface area contributed by atoms with Gasteiger partial charge in [0, 0.05) is 24.1 Å². The van der Waals surface area contributed by atoms with E-state index < -0.39 is 6.09 Å². The van der Waals surface area contributed by atoms with Crippen molar-refractivity contribution in [2.45, 2.75) is 45.3 Å². The first-order valence-electron chi connectivity index (χ1n) is 8.72. The number of alkyl carbamates (subject to hydrolysis) is 1. The molecule has 3 rings (SSSR count). The molecule has 1 aliphatic rings. The van der Waals surface area contributed by atoms with E-state index in [1.54, 1.807) is 6.20 Å². The molecule has 1 aliphatic carbocycles. The molecule has 8 heteroatoms. The van der Waals surface area contributed by atoms with Gasteiger partial charge in [0.2, 0.25) is 5.91 Å². The predicted octanol–water partition coefficient (Wildman–Crippen LogP) is 2.57. The van der Waals surface area contributed by atoms with Crippen LogP contribution in [0, 0.1) is 5.92 Å². The molecule has 1 fully saturated rings. The second-order valence-corrected chi connectivity index (χ2v) is 6.72. The van der Waals surface area contributed by atoms with E-state index in [0.29, 0.717) is 12.4 Å². The Labute approximate surface area is 151 Å². The van der Waals surface area contributed by atoms with Crippen molar-refractivity contribution in [3.63, 3.8) is 0 Å². The number of carbonyl (C=O) groups excluding carboxylic acids is 2. The minimum absolute atomic E-state index is 0.0559. The van der Waals surface area contributed by atoms with Crippen molar-refractivity contribution >= 4 is 17.8 Å². The molecule has 2 heterocycles. The number of hydrogen-bond acceptors (Lipinski definition) is 5. The van der Waals surface area contributed by atoms with E-state index in [-0.39, 0.29) is 23.8 Å². The molecule has 3 N–H and O–H groups in total. The van der Waals surface area contributed by atoms with Crippen LogP contribution in [0.5, 0.6) is 0 Å². The molecule has 0 bridgehead atoms. The number of pyridine rings is 1. The fourth-order valence-corrected chi connectivity index (χ4v) is 2.65. The van der Waals surface area contributed by atoms with E-state index in [2.05, 4.69) is 25.8 Å². The summed E-state index contributed by atoms with van der Waals surface area (Å²) in [5.74, 6) is 0.674. The Kier molecular flexibility index (Phi) is 5.50. The molecule has 0 radical (unpaired) electrons. The summed E-state index contributed by atoms with van der Waals surface area (Å²) in [5.41, 5.74) is 1.65. The number of ether oxygens (including phenoxy) is 1. The lowest BCUT2D eigenvalue weighted by molar-refractivity contribution is -0.118. The molecule has 0 atom stereocenters. The van der Waals surface area contributed by atoms with Crippen molar-refractivity contribution < 1.29 is 14.3 Å². The normalized spacial score (nSPS) is 18.9. The van der Waals surface area contributed by atoms with Gasteiger partial charge in [0.25, 0.3) is 0 Å². The lowest BCUT2D eigenvalue weighted by Crippen LogP contribution is -2.36. The van der Waals surface area contributed by atoms with Gasteiger partial charge < -0.3 is 15.4 Å². The Morgan fingerprint density at radius 2 is 2.15 bits per heavy atom. The van der Waals surface area contributed by atoms with E-state index in [1.165, 1.54) is 0 Å². The van der Waals surface area contributed by atoms with E-state index in [4.69, 9.17) is 4.74 Å². The minimum Gasteiger partial charge on any atom is -0.446 e. The average molecular weight is 357 g/mol. The maximum atomic E-state index is 11.8. The average Bonchev–Trinajstić information content (AvgIpc) is 3.04. The number of nitrogens with one attached hydrogen (secondary N) is 3. The highest BCUT2D eigenvalue weighted by atomic mass is 16.6. The lowest BCUT2D eigenvalue weighted by Gasteiger charge is -2.33. The summed E-state index contributed by atoms with van der Waals surface area (Å²) in [5, 5.41) is 12.5. The third kappa shape index (κ3) is 4.59. The van der Waals surface area contributed by atoms with Gasteiger partial charge in [-0.05, 0) is 25.0 Å². The summed E-state index contributed by atoms with van der Waals surface area (Å²) in [6, 6.07) is 7.37. The smallest absolute Gasteiger partial charge is 0.407 e. The van der Waals surface area contributed by atoms with Gasteiger partial charge in [-0.2, -0.15) is 5.10 Å². The van der Waals surface area contributed by atoms with Crippen LogP contribution >= 0.6 is 0 Å². The van der Waals surface area contributed by atoms with Gasteiger partial charge in [-0.25, -0.2) is 4.79 Å². The first-order valence-corrected chi connectivity index (χ1v) is 8.72. The van der Waals surface area contributed by atoms with Gasteiger partial charge in [0.1, 0.15) is 11.9 Å². The molecular formula is C18H23N5O3. The first-order chi connectivity index (χ1) is 12.5. The second-order valence-electron chi connectivity index (χ2n) is 6.72. The third-order valence-electron chi connectivity index (χ3n) is 4.31. The van der Waals surface area contributed by atoms with Crippen molar-refractivity contribution in [3.8, 4) is 0 Å². The van der Waals surface area contributed by atoms with E-state index in [9.17, 15) is 9.59 Å². The van der Waals surface area contributed by atoms with Crippen LogP contribution in [0.2, 0.25) is 0 Å². The zero-order chi connectivity index (χ0) is 18.5. The van der Waals surface area contributed by atoms with Crippen molar-refractivity contribution in [3.05, 3.63) is 41.9 Å². The molecule has 0 aromatic carbocycles. The third-order valence-corrected chi connectivity index (χ3v) is 4.31.